The molecule has 0 aliphatic heterocycles. The van der Waals surface area contributed by atoms with Crippen LogP contribution in [0.5, 0.6) is 11.5 Å². The van der Waals surface area contributed by atoms with Gasteiger partial charge in [-0.25, -0.2) is 0 Å². The van der Waals surface area contributed by atoms with E-state index in [9.17, 15) is 19.1 Å². The van der Waals surface area contributed by atoms with Gasteiger partial charge in [0.25, 0.3) is 0 Å². The zero-order chi connectivity index (χ0) is 23.6. The Hall–Kier alpha value is -3.26. The second-order valence-electron chi connectivity index (χ2n) is 8.76. The highest BCUT2D eigenvalue weighted by Gasteiger charge is 2.27. The molecule has 2 heterocycles. The number of halogens is 2. The van der Waals surface area contributed by atoms with Gasteiger partial charge in [-0.1, -0.05) is 12.1 Å². The van der Waals surface area contributed by atoms with Crippen LogP contribution < -0.4 is 14.2 Å². The highest BCUT2D eigenvalue weighted by molar-refractivity contribution is 5.47. The molecule has 4 rings (SSSR count). The summed E-state index contributed by atoms with van der Waals surface area (Å²) in [4.78, 5) is 4.43. The zero-order valence-electron chi connectivity index (χ0n) is 18.4. The van der Waals surface area contributed by atoms with E-state index in [2.05, 4.69) is 9.72 Å². The molecule has 0 bridgehead atoms. The van der Waals surface area contributed by atoms with E-state index in [1.165, 1.54) is 18.5 Å². The maximum absolute atomic E-state index is 12.9. The van der Waals surface area contributed by atoms with Crippen molar-refractivity contribution in [1.82, 2.24) is 4.98 Å². The fraction of sp³-hybridized carbons (Fsp3) is 0.360. The summed E-state index contributed by atoms with van der Waals surface area (Å²) in [5.74, 6) is 0.0897. The number of hydrogen-bond donors (Lipinski definition) is 1. The number of rotatable bonds is 9. The molecule has 0 saturated heterocycles. The predicted molar refractivity (Wildman–Crippen MR) is 117 cm³/mol. The van der Waals surface area contributed by atoms with E-state index in [0.29, 0.717) is 12.1 Å². The Morgan fingerprint density at radius 1 is 1.09 bits per heavy atom. The third-order valence-corrected chi connectivity index (χ3v) is 5.53. The Balaban J connectivity index is 1.72. The lowest BCUT2D eigenvalue weighted by molar-refractivity contribution is -0.605. The first-order valence-corrected chi connectivity index (χ1v) is 10.8. The van der Waals surface area contributed by atoms with E-state index in [1.807, 2.05) is 6.07 Å². The van der Waals surface area contributed by atoms with E-state index in [-0.39, 0.29) is 23.5 Å². The first-order chi connectivity index (χ1) is 15.7. The molecule has 0 amide bonds. The lowest BCUT2D eigenvalue weighted by Gasteiger charge is -2.22. The van der Waals surface area contributed by atoms with Gasteiger partial charge in [-0.3, -0.25) is 4.98 Å². The van der Waals surface area contributed by atoms with Gasteiger partial charge in [0, 0.05) is 24.2 Å². The van der Waals surface area contributed by atoms with Gasteiger partial charge < -0.3 is 19.8 Å². The minimum atomic E-state index is -2.95. The fourth-order valence-corrected chi connectivity index (χ4v) is 3.61. The van der Waals surface area contributed by atoms with Crippen molar-refractivity contribution in [1.29, 1.82) is 0 Å². The van der Waals surface area contributed by atoms with Crippen LogP contribution in [-0.4, -0.2) is 22.8 Å². The number of aliphatic hydroxyl groups is 1. The topological polar surface area (TPSA) is 78.5 Å². The summed E-state index contributed by atoms with van der Waals surface area (Å²) in [6.45, 7) is 0.380. The summed E-state index contributed by atoms with van der Waals surface area (Å²) in [5, 5.41) is 21.7. The van der Waals surface area contributed by atoms with Gasteiger partial charge in [-0.15, -0.1) is 0 Å². The van der Waals surface area contributed by atoms with Crippen LogP contribution in [0.15, 0.2) is 61.1 Å². The van der Waals surface area contributed by atoms with E-state index >= 15 is 0 Å². The van der Waals surface area contributed by atoms with Crippen LogP contribution in [0.25, 0.3) is 0 Å². The fourth-order valence-electron chi connectivity index (χ4n) is 3.61. The normalized spacial score (nSPS) is 14.8. The zero-order valence-corrected chi connectivity index (χ0v) is 18.4. The molecule has 1 aliphatic rings. The number of benzene rings is 1. The standard InChI is InChI=1S/C25H26F2N2O4/c1-25(2,30)23-8-4-18(15-28-23)20(13-16-9-11-29(31)12-10-16)17-3-7-21(33-24(26)27)22(14-17)32-19-5-6-19/h3-4,7-12,14-15,19-20,24,30H,5-6,13H2,1-2H3/t20-/m0/s1. The molecule has 1 N–H and O–H groups in total. The van der Waals surface area contributed by atoms with E-state index in [0.717, 1.165) is 34.3 Å². The monoisotopic (exact) mass is 456 g/mol. The summed E-state index contributed by atoms with van der Waals surface area (Å²) in [7, 11) is 0. The largest absolute Gasteiger partial charge is 0.619 e. The second kappa shape index (κ2) is 9.31. The molecular weight excluding hydrogens is 430 g/mol. The smallest absolute Gasteiger partial charge is 0.387 e. The molecule has 0 spiro atoms. The quantitative estimate of drug-likeness (QED) is 0.380. The van der Waals surface area contributed by atoms with Gasteiger partial charge in [-0.05, 0) is 68.0 Å². The van der Waals surface area contributed by atoms with Crippen LogP contribution in [0.1, 0.15) is 55.0 Å². The third-order valence-electron chi connectivity index (χ3n) is 5.53. The number of aromatic nitrogens is 2. The van der Waals surface area contributed by atoms with Crippen molar-refractivity contribution < 1.29 is 28.1 Å². The molecule has 8 heteroatoms. The molecule has 1 aromatic carbocycles. The van der Waals surface area contributed by atoms with Crippen LogP contribution >= 0.6 is 0 Å². The van der Waals surface area contributed by atoms with Crippen molar-refractivity contribution >= 4 is 0 Å². The number of pyridine rings is 2. The molecule has 0 unspecified atom stereocenters. The lowest BCUT2D eigenvalue weighted by Crippen LogP contribution is -2.24. The number of alkyl halides is 2. The molecule has 1 atom stereocenters. The van der Waals surface area contributed by atoms with Crippen molar-refractivity contribution in [2.75, 3.05) is 0 Å². The Labute approximate surface area is 191 Å². The van der Waals surface area contributed by atoms with Crippen LogP contribution in [-0.2, 0) is 12.0 Å². The number of ether oxygens (including phenoxy) is 2. The van der Waals surface area contributed by atoms with Crippen LogP contribution in [0.2, 0.25) is 0 Å². The van der Waals surface area contributed by atoms with Gasteiger partial charge >= 0.3 is 6.61 Å². The third kappa shape index (κ3) is 5.96. The average molecular weight is 456 g/mol. The molecule has 174 valence electrons. The molecule has 6 nitrogen and oxygen atoms in total. The Bertz CT molecular complexity index is 1080. The molecular formula is C25H26F2N2O4. The summed E-state index contributed by atoms with van der Waals surface area (Å²) in [6.07, 6.45) is 6.88. The lowest BCUT2D eigenvalue weighted by atomic mass is 9.86. The molecule has 1 saturated carbocycles. The van der Waals surface area contributed by atoms with Crippen LogP contribution in [0.4, 0.5) is 8.78 Å². The minimum absolute atomic E-state index is 0.00186. The first kappa shape index (κ1) is 22.9. The highest BCUT2D eigenvalue weighted by atomic mass is 19.3. The summed E-state index contributed by atoms with van der Waals surface area (Å²) in [6, 6.07) is 12.1. The summed E-state index contributed by atoms with van der Waals surface area (Å²) in [5.41, 5.74) is 2.10. The Morgan fingerprint density at radius 3 is 2.36 bits per heavy atom. The molecule has 0 radical (unpaired) electrons. The molecule has 1 aliphatic carbocycles. The predicted octanol–water partition coefficient (Wildman–Crippen LogP) is 4.46. The molecule has 2 aromatic heterocycles. The Kier molecular flexibility index (Phi) is 6.47. The van der Waals surface area contributed by atoms with Crippen molar-refractivity contribution in [3.8, 4) is 11.5 Å². The number of nitrogens with zero attached hydrogens (tertiary/aromatic N) is 2. The van der Waals surface area contributed by atoms with E-state index in [4.69, 9.17) is 4.74 Å². The van der Waals surface area contributed by atoms with Crippen LogP contribution in [0.3, 0.4) is 0 Å². The van der Waals surface area contributed by atoms with Crippen LogP contribution in [0, 0.1) is 5.21 Å². The maximum atomic E-state index is 12.9. The van der Waals surface area contributed by atoms with Crippen molar-refractivity contribution in [3.05, 3.63) is 88.6 Å². The van der Waals surface area contributed by atoms with Gasteiger partial charge in [0.15, 0.2) is 23.9 Å². The molecule has 3 aromatic rings. The van der Waals surface area contributed by atoms with E-state index < -0.39 is 12.2 Å². The van der Waals surface area contributed by atoms with Gasteiger partial charge in [0.1, 0.15) is 5.60 Å². The average Bonchev–Trinajstić information content (AvgIpc) is 3.58. The van der Waals surface area contributed by atoms with Crippen molar-refractivity contribution in [2.24, 2.45) is 0 Å². The van der Waals surface area contributed by atoms with Gasteiger partial charge in [0.2, 0.25) is 0 Å². The highest BCUT2D eigenvalue weighted by Crippen LogP contribution is 2.39. The second-order valence-corrected chi connectivity index (χ2v) is 8.76. The Morgan fingerprint density at radius 2 is 1.79 bits per heavy atom. The van der Waals surface area contributed by atoms with E-state index in [1.54, 1.807) is 50.4 Å². The number of hydrogen-bond acceptors (Lipinski definition) is 5. The molecule has 33 heavy (non-hydrogen) atoms. The molecule has 1 fully saturated rings. The first-order valence-electron chi connectivity index (χ1n) is 10.8. The SMILES string of the molecule is CC(C)(O)c1ccc([C@@H](Cc2cc[n+]([O-])cc2)c2ccc(OC(F)F)c(OC3CC3)c2)cn1. The maximum Gasteiger partial charge on any atom is 0.387 e. The van der Waals surface area contributed by atoms with Crippen molar-refractivity contribution in [2.45, 2.75) is 57.3 Å². The van der Waals surface area contributed by atoms with Gasteiger partial charge in [-0.2, -0.15) is 13.5 Å². The van der Waals surface area contributed by atoms with Gasteiger partial charge in [0.05, 0.1) is 11.8 Å². The van der Waals surface area contributed by atoms with Crippen molar-refractivity contribution in [3.63, 3.8) is 0 Å². The summed E-state index contributed by atoms with van der Waals surface area (Å²) >= 11 is 0. The summed E-state index contributed by atoms with van der Waals surface area (Å²) < 4.78 is 37.0. The minimum Gasteiger partial charge on any atom is -0.619 e.